The number of carbonyl (C=O) groups is 2. The van der Waals surface area contributed by atoms with E-state index in [9.17, 15) is 9.59 Å². The fourth-order valence-electron chi connectivity index (χ4n) is 5.85. The number of benzene rings is 1. The third-order valence-electron chi connectivity index (χ3n) is 7.94. The zero-order valence-corrected chi connectivity index (χ0v) is 21.6. The second-order valence-electron chi connectivity index (χ2n) is 10.9. The van der Waals surface area contributed by atoms with Crippen LogP contribution in [-0.4, -0.2) is 37.8 Å². The molecule has 0 bridgehead atoms. The Morgan fingerprint density at radius 2 is 1.86 bits per heavy atom. The van der Waals surface area contributed by atoms with E-state index in [1.165, 1.54) is 19.3 Å². The van der Waals surface area contributed by atoms with Crippen LogP contribution in [0.5, 0.6) is 0 Å². The van der Waals surface area contributed by atoms with E-state index in [1.54, 1.807) is 16.9 Å². The second-order valence-corrected chi connectivity index (χ2v) is 10.9. The molecule has 1 aromatic carbocycles. The van der Waals surface area contributed by atoms with Crippen molar-refractivity contribution in [3.8, 4) is 11.1 Å². The summed E-state index contributed by atoms with van der Waals surface area (Å²) in [6, 6.07) is 8.99. The van der Waals surface area contributed by atoms with Crippen LogP contribution in [0.4, 0.5) is 5.69 Å². The number of amides is 2. The van der Waals surface area contributed by atoms with E-state index in [4.69, 9.17) is 0 Å². The van der Waals surface area contributed by atoms with E-state index in [2.05, 4.69) is 25.9 Å². The number of aromatic amines is 1. The van der Waals surface area contributed by atoms with E-state index in [0.29, 0.717) is 16.8 Å². The molecule has 190 valence electrons. The number of anilines is 1. The molecule has 2 atom stereocenters. The van der Waals surface area contributed by atoms with Gasteiger partial charge in [-0.25, -0.2) is 0 Å². The molecular formula is C28H36N6O2. The topological polar surface area (TPSA) is 105 Å². The molecule has 3 N–H and O–H groups in total. The summed E-state index contributed by atoms with van der Waals surface area (Å²) in [4.78, 5) is 26.9. The van der Waals surface area contributed by atoms with Crippen LogP contribution in [0.1, 0.15) is 80.3 Å². The highest BCUT2D eigenvalue weighted by Crippen LogP contribution is 2.58. The minimum Gasteiger partial charge on any atom is -0.339 e. The van der Waals surface area contributed by atoms with Crippen LogP contribution in [0.15, 0.2) is 36.5 Å². The van der Waals surface area contributed by atoms with Gasteiger partial charge in [0.25, 0.3) is 5.91 Å². The lowest BCUT2D eigenvalue weighted by molar-refractivity contribution is -0.119. The molecule has 0 aliphatic heterocycles. The van der Waals surface area contributed by atoms with Crippen LogP contribution >= 0.6 is 0 Å². The van der Waals surface area contributed by atoms with Crippen LogP contribution in [0, 0.1) is 25.2 Å². The van der Waals surface area contributed by atoms with Gasteiger partial charge in [0.1, 0.15) is 11.7 Å². The summed E-state index contributed by atoms with van der Waals surface area (Å²) < 4.78 is 1.70. The van der Waals surface area contributed by atoms with Crippen LogP contribution in [-0.2, 0) is 4.79 Å². The molecule has 2 fully saturated rings. The molecule has 0 unspecified atom stereocenters. The van der Waals surface area contributed by atoms with Gasteiger partial charge in [0.15, 0.2) is 0 Å². The lowest BCUT2D eigenvalue weighted by Crippen LogP contribution is -2.50. The van der Waals surface area contributed by atoms with Crippen LogP contribution in [0.3, 0.4) is 0 Å². The van der Waals surface area contributed by atoms with Crippen molar-refractivity contribution in [1.82, 2.24) is 25.3 Å². The average Bonchev–Trinajstić information content (AvgIpc) is 3.26. The first-order valence-corrected chi connectivity index (χ1v) is 13.0. The number of aromatic nitrogens is 4. The van der Waals surface area contributed by atoms with Gasteiger partial charge in [0, 0.05) is 29.2 Å². The molecule has 0 saturated heterocycles. The van der Waals surface area contributed by atoms with Crippen LogP contribution < -0.4 is 10.6 Å². The molecular weight excluding hydrogens is 452 g/mol. The number of hydrogen-bond acceptors (Lipinski definition) is 4. The Labute approximate surface area is 212 Å². The van der Waals surface area contributed by atoms with Crippen molar-refractivity contribution in [3.05, 3.63) is 53.6 Å². The molecule has 2 amide bonds. The van der Waals surface area contributed by atoms with Crippen molar-refractivity contribution in [1.29, 1.82) is 0 Å². The highest BCUT2D eigenvalue weighted by molar-refractivity contribution is 6.00. The average molecular weight is 489 g/mol. The fraction of sp³-hybridized carbons (Fsp3) is 0.500. The van der Waals surface area contributed by atoms with Crippen molar-refractivity contribution in [3.63, 3.8) is 0 Å². The Morgan fingerprint density at radius 3 is 2.50 bits per heavy atom. The van der Waals surface area contributed by atoms with E-state index in [0.717, 1.165) is 41.8 Å². The molecule has 8 heteroatoms. The normalized spacial score (nSPS) is 19.3. The molecule has 5 rings (SSSR count). The molecule has 3 aromatic rings. The standard InChI is InChI=1S/C28H36N6O2/c1-17(2)34-23(11-15-29-34)26(35)31-25(21-6-5-12-28(16-21)13-14-28)27(36)30-22-9-7-20(8-10-22)24-18(3)32-33-19(24)4/h7-11,15,17,21,25H,5-6,12-14,16H2,1-4H3,(H,30,36)(H,31,35)(H,32,33)/t21-,25-/m0/s1. The van der Waals surface area contributed by atoms with Gasteiger partial charge in [-0.1, -0.05) is 18.6 Å². The third kappa shape index (κ3) is 4.81. The van der Waals surface area contributed by atoms with E-state index < -0.39 is 6.04 Å². The molecule has 1 spiro atoms. The highest BCUT2D eigenvalue weighted by Gasteiger charge is 2.48. The van der Waals surface area contributed by atoms with Crippen LogP contribution in [0.2, 0.25) is 0 Å². The second kappa shape index (κ2) is 9.56. The van der Waals surface area contributed by atoms with Gasteiger partial charge >= 0.3 is 0 Å². The molecule has 36 heavy (non-hydrogen) atoms. The lowest BCUT2D eigenvalue weighted by Gasteiger charge is -2.34. The van der Waals surface area contributed by atoms with Crippen molar-refractivity contribution in [2.45, 2.75) is 78.3 Å². The number of nitrogens with zero attached hydrogens (tertiary/aromatic N) is 3. The van der Waals surface area contributed by atoms with Crippen molar-refractivity contribution < 1.29 is 9.59 Å². The first kappa shape index (κ1) is 24.3. The Balaban J connectivity index is 1.35. The Hall–Kier alpha value is -3.42. The van der Waals surface area contributed by atoms with Gasteiger partial charge in [-0.15, -0.1) is 0 Å². The lowest BCUT2D eigenvalue weighted by atomic mass is 9.75. The summed E-state index contributed by atoms with van der Waals surface area (Å²) in [6.45, 7) is 7.95. The monoisotopic (exact) mass is 488 g/mol. The SMILES string of the molecule is Cc1n[nH]c(C)c1-c1ccc(NC(=O)[C@@H](NC(=O)c2ccnn2C(C)C)[C@H]2CCCC3(CC3)C2)cc1. The predicted octanol–water partition coefficient (Wildman–Crippen LogP) is 5.18. The number of nitrogens with one attached hydrogen (secondary N) is 3. The minimum atomic E-state index is -0.594. The fourth-order valence-corrected chi connectivity index (χ4v) is 5.85. The summed E-state index contributed by atoms with van der Waals surface area (Å²) in [5.41, 5.74) is 5.66. The van der Waals surface area contributed by atoms with Gasteiger partial charge in [0.05, 0.1) is 5.69 Å². The van der Waals surface area contributed by atoms with E-state index >= 15 is 0 Å². The number of aryl methyl sites for hydroxylation is 2. The van der Waals surface area contributed by atoms with Crippen molar-refractivity contribution >= 4 is 17.5 Å². The zero-order chi connectivity index (χ0) is 25.4. The van der Waals surface area contributed by atoms with Gasteiger partial charge < -0.3 is 10.6 Å². The molecule has 2 saturated carbocycles. The maximum absolute atomic E-state index is 13.6. The number of H-pyrrole nitrogens is 1. The first-order chi connectivity index (χ1) is 17.3. The summed E-state index contributed by atoms with van der Waals surface area (Å²) in [5, 5.41) is 17.8. The third-order valence-corrected chi connectivity index (χ3v) is 7.94. The summed E-state index contributed by atoms with van der Waals surface area (Å²) >= 11 is 0. The predicted molar refractivity (Wildman–Crippen MR) is 140 cm³/mol. The zero-order valence-electron chi connectivity index (χ0n) is 21.6. The molecule has 2 aliphatic rings. The Morgan fingerprint density at radius 1 is 1.11 bits per heavy atom. The van der Waals surface area contributed by atoms with Crippen molar-refractivity contribution in [2.24, 2.45) is 11.3 Å². The van der Waals surface area contributed by atoms with Crippen molar-refractivity contribution in [2.75, 3.05) is 5.32 Å². The smallest absolute Gasteiger partial charge is 0.270 e. The van der Waals surface area contributed by atoms with E-state index in [-0.39, 0.29) is 23.8 Å². The van der Waals surface area contributed by atoms with Crippen LogP contribution in [0.25, 0.3) is 11.1 Å². The largest absolute Gasteiger partial charge is 0.339 e. The van der Waals surface area contributed by atoms with Gasteiger partial charge in [-0.3, -0.25) is 19.4 Å². The Kier molecular flexibility index (Phi) is 6.45. The molecule has 2 aromatic heterocycles. The quantitative estimate of drug-likeness (QED) is 0.426. The van der Waals surface area contributed by atoms with Gasteiger partial charge in [-0.2, -0.15) is 10.2 Å². The number of hydrogen-bond donors (Lipinski definition) is 3. The summed E-state index contributed by atoms with van der Waals surface area (Å²) in [5.74, 6) is -0.292. The summed E-state index contributed by atoms with van der Waals surface area (Å²) in [6.07, 6.45) is 8.39. The maximum Gasteiger partial charge on any atom is 0.270 e. The number of carbonyl (C=O) groups excluding carboxylic acids is 2. The minimum absolute atomic E-state index is 0.0541. The van der Waals surface area contributed by atoms with Gasteiger partial charge in [-0.05, 0) is 94.9 Å². The highest BCUT2D eigenvalue weighted by atomic mass is 16.2. The molecule has 0 radical (unpaired) electrons. The van der Waals surface area contributed by atoms with Gasteiger partial charge in [0.2, 0.25) is 5.91 Å². The maximum atomic E-state index is 13.6. The molecule has 8 nitrogen and oxygen atoms in total. The van der Waals surface area contributed by atoms with E-state index in [1.807, 2.05) is 52.0 Å². The molecule has 2 heterocycles. The molecule has 2 aliphatic carbocycles. The summed E-state index contributed by atoms with van der Waals surface area (Å²) in [7, 11) is 0. The Bertz CT molecular complexity index is 1230. The first-order valence-electron chi connectivity index (χ1n) is 13.0. The number of rotatable bonds is 7.